The third-order valence-corrected chi connectivity index (χ3v) is 1.47. The molecule has 0 spiro atoms. The van der Waals surface area contributed by atoms with Crippen LogP contribution in [0.5, 0.6) is 0 Å². The Labute approximate surface area is 72.2 Å². The standard InChI is InChI=1S/C10H12FO/c1-8(2)12-7-9-5-3-4-6-10(9)11/h3-6H,7H2,1-2H3. The second-order valence-corrected chi connectivity index (χ2v) is 2.79. The largest absolute Gasteiger partial charge is 0.368 e. The van der Waals surface area contributed by atoms with E-state index in [4.69, 9.17) is 4.74 Å². The monoisotopic (exact) mass is 167 g/mol. The summed E-state index contributed by atoms with van der Waals surface area (Å²) in [6.07, 6.45) is 0.846. The highest BCUT2D eigenvalue weighted by atomic mass is 19.1. The van der Waals surface area contributed by atoms with Crippen LogP contribution in [0.15, 0.2) is 24.3 Å². The first kappa shape index (κ1) is 9.20. The van der Waals surface area contributed by atoms with Gasteiger partial charge in [0.1, 0.15) is 5.82 Å². The van der Waals surface area contributed by atoms with Gasteiger partial charge in [-0.2, -0.15) is 0 Å². The number of ether oxygens (including phenoxy) is 1. The number of benzene rings is 1. The number of halogens is 1. The molecule has 0 aromatic heterocycles. The molecule has 0 saturated carbocycles. The zero-order chi connectivity index (χ0) is 8.97. The summed E-state index contributed by atoms with van der Waals surface area (Å²) in [7, 11) is 0. The highest BCUT2D eigenvalue weighted by molar-refractivity contribution is 5.16. The lowest BCUT2D eigenvalue weighted by molar-refractivity contribution is 0.140. The van der Waals surface area contributed by atoms with Crippen molar-refractivity contribution < 1.29 is 9.13 Å². The molecule has 0 heterocycles. The van der Waals surface area contributed by atoms with Crippen molar-refractivity contribution in [2.75, 3.05) is 0 Å². The molecule has 2 heteroatoms. The van der Waals surface area contributed by atoms with Crippen LogP contribution in [-0.2, 0) is 11.3 Å². The number of hydrogen-bond acceptors (Lipinski definition) is 1. The molecule has 0 N–H and O–H groups in total. The van der Waals surface area contributed by atoms with Gasteiger partial charge in [0.25, 0.3) is 0 Å². The highest BCUT2D eigenvalue weighted by Crippen LogP contribution is 2.10. The molecule has 0 fully saturated rings. The molecule has 0 aliphatic rings. The van der Waals surface area contributed by atoms with E-state index in [0.717, 1.165) is 6.10 Å². The smallest absolute Gasteiger partial charge is 0.128 e. The lowest BCUT2D eigenvalue weighted by atomic mass is 10.2. The molecule has 1 radical (unpaired) electrons. The van der Waals surface area contributed by atoms with Crippen LogP contribution >= 0.6 is 0 Å². The van der Waals surface area contributed by atoms with Crippen molar-refractivity contribution in [3.8, 4) is 0 Å². The summed E-state index contributed by atoms with van der Waals surface area (Å²) < 4.78 is 18.1. The maximum Gasteiger partial charge on any atom is 0.128 e. The Balaban J connectivity index is 2.57. The molecule has 0 unspecified atom stereocenters. The predicted molar refractivity (Wildman–Crippen MR) is 45.8 cm³/mol. The summed E-state index contributed by atoms with van der Waals surface area (Å²) in [5.74, 6) is -0.209. The number of rotatable bonds is 3. The second-order valence-electron chi connectivity index (χ2n) is 2.79. The molecular weight excluding hydrogens is 155 g/mol. The third-order valence-electron chi connectivity index (χ3n) is 1.47. The lowest BCUT2D eigenvalue weighted by Crippen LogP contribution is -1.97. The summed E-state index contributed by atoms with van der Waals surface area (Å²) in [5, 5.41) is 0. The molecule has 0 bridgehead atoms. The molecule has 1 aromatic rings. The number of hydrogen-bond donors (Lipinski definition) is 0. The fourth-order valence-corrected chi connectivity index (χ4v) is 0.838. The minimum atomic E-state index is -0.209. The lowest BCUT2D eigenvalue weighted by Gasteiger charge is -2.06. The van der Waals surface area contributed by atoms with Gasteiger partial charge in [-0.25, -0.2) is 4.39 Å². The summed E-state index contributed by atoms with van der Waals surface area (Å²) in [5.41, 5.74) is 0.596. The minimum absolute atomic E-state index is 0.209. The van der Waals surface area contributed by atoms with Gasteiger partial charge in [-0.1, -0.05) is 18.2 Å². The van der Waals surface area contributed by atoms with E-state index >= 15 is 0 Å². The maximum atomic E-state index is 13.0. The molecule has 0 saturated heterocycles. The summed E-state index contributed by atoms with van der Waals surface area (Å²) in [6.45, 7) is 4.01. The average molecular weight is 167 g/mol. The van der Waals surface area contributed by atoms with Gasteiger partial charge >= 0.3 is 0 Å². The molecule has 1 rings (SSSR count). The average Bonchev–Trinajstić information content (AvgIpc) is 2.03. The Bertz CT molecular complexity index is 245. The van der Waals surface area contributed by atoms with Crippen LogP contribution in [0.2, 0.25) is 0 Å². The topological polar surface area (TPSA) is 9.23 Å². The Morgan fingerprint density at radius 1 is 1.33 bits per heavy atom. The highest BCUT2D eigenvalue weighted by Gasteiger charge is 2.01. The van der Waals surface area contributed by atoms with Gasteiger partial charge in [0.15, 0.2) is 0 Å². The van der Waals surface area contributed by atoms with E-state index < -0.39 is 0 Å². The van der Waals surface area contributed by atoms with Gasteiger partial charge < -0.3 is 4.74 Å². The quantitative estimate of drug-likeness (QED) is 0.672. The van der Waals surface area contributed by atoms with Crippen LogP contribution in [0.3, 0.4) is 0 Å². The fourth-order valence-electron chi connectivity index (χ4n) is 0.838. The van der Waals surface area contributed by atoms with Crippen molar-refractivity contribution in [3.63, 3.8) is 0 Å². The van der Waals surface area contributed by atoms with Crippen LogP contribution in [0, 0.1) is 11.9 Å². The second kappa shape index (κ2) is 4.21. The molecule has 0 amide bonds. The zero-order valence-electron chi connectivity index (χ0n) is 7.30. The van der Waals surface area contributed by atoms with Gasteiger partial charge in [-0.3, -0.25) is 0 Å². The fraction of sp³-hybridized carbons (Fsp3) is 0.300. The Morgan fingerprint density at radius 2 is 2.00 bits per heavy atom. The molecular formula is C10H12FO. The summed E-state index contributed by atoms with van der Waals surface area (Å²) in [6, 6.07) is 6.62. The molecule has 1 aromatic carbocycles. The molecule has 65 valence electrons. The van der Waals surface area contributed by atoms with E-state index in [1.807, 2.05) is 13.8 Å². The van der Waals surface area contributed by atoms with E-state index in [1.54, 1.807) is 18.2 Å². The van der Waals surface area contributed by atoms with Crippen molar-refractivity contribution >= 4 is 0 Å². The van der Waals surface area contributed by atoms with E-state index in [0.29, 0.717) is 12.2 Å². The predicted octanol–water partition coefficient (Wildman–Crippen LogP) is 2.91. The maximum absolute atomic E-state index is 13.0. The van der Waals surface area contributed by atoms with Crippen LogP contribution in [0.4, 0.5) is 4.39 Å². The Hall–Kier alpha value is -0.890. The van der Waals surface area contributed by atoms with Crippen molar-refractivity contribution in [1.82, 2.24) is 0 Å². The minimum Gasteiger partial charge on any atom is -0.368 e. The first-order chi connectivity index (χ1) is 5.70. The van der Waals surface area contributed by atoms with E-state index in [9.17, 15) is 4.39 Å². The van der Waals surface area contributed by atoms with Gasteiger partial charge in [-0.05, 0) is 19.9 Å². The first-order valence-electron chi connectivity index (χ1n) is 3.86. The van der Waals surface area contributed by atoms with Crippen LogP contribution in [0.25, 0.3) is 0 Å². The first-order valence-corrected chi connectivity index (χ1v) is 3.86. The molecule has 0 aliphatic carbocycles. The van der Waals surface area contributed by atoms with Crippen molar-refractivity contribution in [2.24, 2.45) is 0 Å². The van der Waals surface area contributed by atoms with Crippen molar-refractivity contribution in [1.29, 1.82) is 0 Å². The van der Waals surface area contributed by atoms with E-state index in [2.05, 4.69) is 0 Å². The Kier molecular flexibility index (Phi) is 3.23. The molecule has 0 aliphatic heterocycles. The summed E-state index contributed by atoms with van der Waals surface area (Å²) in [4.78, 5) is 0. The zero-order valence-corrected chi connectivity index (χ0v) is 7.30. The van der Waals surface area contributed by atoms with Gasteiger partial charge in [0, 0.05) is 5.56 Å². The third kappa shape index (κ3) is 2.62. The van der Waals surface area contributed by atoms with E-state index in [-0.39, 0.29) is 5.82 Å². The van der Waals surface area contributed by atoms with Crippen LogP contribution in [-0.4, -0.2) is 0 Å². The normalized spacial score (nSPS) is 10.7. The van der Waals surface area contributed by atoms with Crippen molar-refractivity contribution in [2.45, 2.75) is 20.5 Å². The Morgan fingerprint density at radius 3 is 2.58 bits per heavy atom. The van der Waals surface area contributed by atoms with Gasteiger partial charge in [0.2, 0.25) is 0 Å². The van der Waals surface area contributed by atoms with Gasteiger partial charge in [-0.15, -0.1) is 0 Å². The molecule has 0 atom stereocenters. The van der Waals surface area contributed by atoms with Crippen LogP contribution < -0.4 is 0 Å². The van der Waals surface area contributed by atoms with Gasteiger partial charge in [0.05, 0.1) is 12.7 Å². The molecule has 1 nitrogen and oxygen atoms in total. The van der Waals surface area contributed by atoms with Crippen LogP contribution in [0.1, 0.15) is 19.4 Å². The van der Waals surface area contributed by atoms with E-state index in [1.165, 1.54) is 6.07 Å². The SMILES string of the molecule is C[C](C)OCc1ccccc1F. The summed E-state index contributed by atoms with van der Waals surface area (Å²) >= 11 is 0. The molecule has 12 heavy (non-hydrogen) atoms. The van der Waals surface area contributed by atoms with Crippen molar-refractivity contribution in [3.05, 3.63) is 41.8 Å².